The Kier molecular flexibility index (Phi) is 2.69. The van der Waals surface area contributed by atoms with Crippen LogP contribution in [0.2, 0.25) is 19.6 Å². The minimum atomic E-state index is -1.66. The maximum absolute atomic E-state index is 13.0. The molecule has 4 rings (SSSR count). The summed E-state index contributed by atoms with van der Waals surface area (Å²) >= 11 is 0. The van der Waals surface area contributed by atoms with E-state index in [4.69, 9.17) is 0 Å². The van der Waals surface area contributed by atoms with Crippen LogP contribution < -0.4 is 5.19 Å². The molecule has 0 radical (unpaired) electrons. The normalized spacial score (nSPS) is 13.3. The molecule has 0 saturated carbocycles. The zero-order valence-electron chi connectivity index (χ0n) is 13.1. The van der Waals surface area contributed by atoms with E-state index < -0.39 is 8.07 Å². The predicted molar refractivity (Wildman–Crippen MR) is 95.8 cm³/mol. The topological polar surface area (TPSA) is 17.1 Å². The van der Waals surface area contributed by atoms with E-state index in [0.29, 0.717) is 0 Å². The summed E-state index contributed by atoms with van der Waals surface area (Å²) in [6, 6.07) is 18.7. The molecule has 1 aliphatic carbocycles. The van der Waals surface area contributed by atoms with E-state index in [-0.39, 0.29) is 5.78 Å². The Balaban J connectivity index is 2.22. The van der Waals surface area contributed by atoms with Crippen molar-refractivity contribution < 1.29 is 4.79 Å². The van der Waals surface area contributed by atoms with Gasteiger partial charge in [0.2, 0.25) is 0 Å². The van der Waals surface area contributed by atoms with Gasteiger partial charge in [0.15, 0.2) is 5.78 Å². The summed E-state index contributed by atoms with van der Waals surface area (Å²) in [6.45, 7) is 6.97. The van der Waals surface area contributed by atoms with Gasteiger partial charge in [0.05, 0.1) is 8.07 Å². The molecule has 108 valence electrons. The highest BCUT2D eigenvalue weighted by molar-refractivity contribution is 6.91. The molecule has 0 bridgehead atoms. The summed E-state index contributed by atoms with van der Waals surface area (Å²) in [4.78, 5) is 13.0. The van der Waals surface area contributed by atoms with Crippen molar-refractivity contribution in [3.05, 3.63) is 65.7 Å². The zero-order chi connectivity index (χ0) is 15.5. The van der Waals surface area contributed by atoms with Crippen LogP contribution in [0.4, 0.5) is 0 Å². The lowest BCUT2D eigenvalue weighted by Crippen LogP contribution is -2.41. The number of hydrogen-bond donors (Lipinski definition) is 0. The largest absolute Gasteiger partial charge is 0.289 e. The Morgan fingerprint density at radius 2 is 1.41 bits per heavy atom. The first-order valence-corrected chi connectivity index (χ1v) is 11.2. The van der Waals surface area contributed by atoms with Gasteiger partial charge in [-0.25, -0.2) is 0 Å². The lowest BCUT2D eigenvalue weighted by atomic mass is 10.0. The SMILES string of the molecule is C[Si](C)(C)c1c2c(cc3ccccc13)-c1ccccc1C2=O. The third kappa shape index (κ3) is 1.74. The number of benzene rings is 3. The second-order valence-corrected chi connectivity index (χ2v) is 12.0. The lowest BCUT2D eigenvalue weighted by Gasteiger charge is -2.23. The monoisotopic (exact) mass is 302 g/mol. The van der Waals surface area contributed by atoms with Crippen molar-refractivity contribution in [2.24, 2.45) is 0 Å². The number of rotatable bonds is 1. The quantitative estimate of drug-likeness (QED) is 0.470. The lowest BCUT2D eigenvalue weighted by molar-refractivity contribution is 0.104. The zero-order valence-corrected chi connectivity index (χ0v) is 14.1. The smallest absolute Gasteiger partial charge is 0.194 e. The van der Waals surface area contributed by atoms with Crippen LogP contribution >= 0.6 is 0 Å². The van der Waals surface area contributed by atoms with E-state index >= 15 is 0 Å². The minimum Gasteiger partial charge on any atom is -0.289 e. The van der Waals surface area contributed by atoms with Crippen molar-refractivity contribution in [2.75, 3.05) is 0 Å². The molecule has 2 heteroatoms. The Labute approximate surface area is 131 Å². The maximum Gasteiger partial charge on any atom is 0.194 e. The highest BCUT2D eigenvalue weighted by Crippen LogP contribution is 2.38. The van der Waals surface area contributed by atoms with Crippen molar-refractivity contribution in [2.45, 2.75) is 19.6 Å². The summed E-state index contributed by atoms with van der Waals surface area (Å²) in [6.07, 6.45) is 0. The summed E-state index contributed by atoms with van der Waals surface area (Å²) in [5, 5.41) is 3.80. The third-order valence-electron chi connectivity index (χ3n) is 4.49. The summed E-state index contributed by atoms with van der Waals surface area (Å²) in [7, 11) is -1.66. The van der Waals surface area contributed by atoms with Crippen LogP contribution in [0.25, 0.3) is 21.9 Å². The number of carbonyl (C=O) groups is 1. The molecule has 0 aromatic heterocycles. The van der Waals surface area contributed by atoms with Gasteiger partial charge in [-0.05, 0) is 33.2 Å². The van der Waals surface area contributed by atoms with Crippen molar-refractivity contribution in [3.8, 4) is 11.1 Å². The molecule has 0 saturated heterocycles. The molecule has 0 spiro atoms. The average Bonchev–Trinajstić information content (AvgIpc) is 2.77. The van der Waals surface area contributed by atoms with E-state index in [1.54, 1.807) is 0 Å². The van der Waals surface area contributed by atoms with Crippen LogP contribution in [0.1, 0.15) is 15.9 Å². The van der Waals surface area contributed by atoms with Gasteiger partial charge in [0, 0.05) is 11.1 Å². The molecule has 0 amide bonds. The van der Waals surface area contributed by atoms with Gasteiger partial charge in [-0.2, -0.15) is 0 Å². The van der Waals surface area contributed by atoms with Crippen molar-refractivity contribution in [3.63, 3.8) is 0 Å². The van der Waals surface area contributed by atoms with Crippen molar-refractivity contribution in [1.29, 1.82) is 0 Å². The third-order valence-corrected chi connectivity index (χ3v) is 6.51. The first kappa shape index (κ1) is 13.5. The van der Waals surface area contributed by atoms with Crippen LogP contribution in [0.5, 0.6) is 0 Å². The van der Waals surface area contributed by atoms with Gasteiger partial charge in [0.25, 0.3) is 0 Å². The minimum absolute atomic E-state index is 0.203. The Bertz CT molecular complexity index is 932. The van der Waals surface area contributed by atoms with Crippen LogP contribution in [0.3, 0.4) is 0 Å². The fourth-order valence-electron chi connectivity index (χ4n) is 3.63. The standard InChI is InChI=1S/C20H18OSi/c1-22(2,3)20-14-9-5-4-8-13(14)12-17-15-10-6-7-11-16(15)19(21)18(17)20/h4-12H,1-3H3. The Morgan fingerprint density at radius 3 is 2.14 bits per heavy atom. The maximum atomic E-state index is 13.0. The van der Waals surface area contributed by atoms with Crippen LogP contribution in [-0.4, -0.2) is 13.9 Å². The second-order valence-electron chi connectivity index (χ2n) is 7.02. The number of ketones is 1. The Morgan fingerprint density at radius 1 is 0.773 bits per heavy atom. The van der Waals surface area contributed by atoms with Crippen LogP contribution in [0.15, 0.2) is 54.6 Å². The average molecular weight is 302 g/mol. The van der Waals surface area contributed by atoms with E-state index in [1.165, 1.54) is 16.0 Å². The molecule has 0 unspecified atom stereocenters. The molecule has 3 aromatic rings. The van der Waals surface area contributed by atoms with E-state index in [1.807, 2.05) is 18.2 Å². The summed E-state index contributed by atoms with van der Waals surface area (Å²) < 4.78 is 0. The van der Waals surface area contributed by atoms with Gasteiger partial charge < -0.3 is 0 Å². The van der Waals surface area contributed by atoms with Crippen LogP contribution in [0, 0.1) is 0 Å². The first-order chi connectivity index (χ1) is 10.5. The van der Waals surface area contributed by atoms with Crippen molar-refractivity contribution in [1.82, 2.24) is 0 Å². The van der Waals surface area contributed by atoms with Gasteiger partial charge in [-0.1, -0.05) is 68.2 Å². The molecular weight excluding hydrogens is 284 g/mol. The molecular formula is C20H18OSi. The predicted octanol–water partition coefficient (Wildman–Crippen LogP) is 4.60. The first-order valence-electron chi connectivity index (χ1n) is 7.69. The van der Waals surface area contributed by atoms with Crippen LogP contribution in [-0.2, 0) is 0 Å². The molecule has 0 atom stereocenters. The van der Waals surface area contributed by atoms with Crippen molar-refractivity contribution >= 4 is 29.8 Å². The number of hydrogen-bond acceptors (Lipinski definition) is 1. The molecule has 0 N–H and O–H groups in total. The van der Waals surface area contributed by atoms with Gasteiger partial charge in [-0.3, -0.25) is 4.79 Å². The summed E-state index contributed by atoms with van der Waals surface area (Å²) in [5.74, 6) is 0.203. The number of fused-ring (bicyclic) bond motifs is 4. The van der Waals surface area contributed by atoms with E-state index in [0.717, 1.165) is 22.3 Å². The van der Waals surface area contributed by atoms with Gasteiger partial charge in [0.1, 0.15) is 0 Å². The number of carbonyl (C=O) groups excluding carboxylic acids is 1. The molecule has 1 nitrogen and oxygen atoms in total. The fraction of sp³-hybridized carbons (Fsp3) is 0.150. The molecule has 0 fully saturated rings. The van der Waals surface area contributed by atoms with Gasteiger partial charge >= 0.3 is 0 Å². The molecule has 22 heavy (non-hydrogen) atoms. The molecule has 0 heterocycles. The van der Waals surface area contributed by atoms with Gasteiger partial charge in [-0.15, -0.1) is 0 Å². The Hall–Kier alpha value is -2.19. The van der Waals surface area contributed by atoms with E-state index in [2.05, 4.69) is 56.0 Å². The fourth-order valence-corrected chi connectivity index (χ4v) is 5.66. The second kappa shape index (κ2) is 4.40. The highest BCUT2D eigenvalue weighted by Gasteiger charge is 2.34. The molecule has 3 aromatic carbocycles. The molecule has 1 aliphatic rings. The summed E-state index contributed by atoms with van der Waals surface area (Å²) in [5.41, 5.74) is 4.02. The highest BCUT2D eigenvalue weighted by atomic mass is 28.3. The molecule has 0 aliphatic heterocycles. The van der Waals surface area contributed by atoms with E-state index in [9.17, 15) is 4.79 Å².